The van der Waals surface area contributed by atoms with Crippen molar-refractivity contribution in [3.8, 4) is 11.5 Å². The Hall–Kier alpha value is -1.22. The van der Waals surface area contributed by atoms with Crippen LogP contribution in [0.3, 0.4) is 0 Å². The van der Waals surface area contributed by atoms with Gasteiger partial charge in [0, 0.05) is 26.2 Å². The molecule has 6 nitrogen and oxygen atoms in total. The molecule has 1 unspecified atom stereocenters. The summed E-state index contributed by atoms with van der Waals surface area (Å²) in [4.78, 5) is 6.72. The maximum atomic E-state index is 5.35. The van der Waals surface area contributed by atoms with Crippen molar-refractivity contribution in [2.75, 3.05) is 47.4 Å². The summed E-state index contributed by atoms with van der Waals surface area (Å²) in [5, 5.41) is 6.76. The Labute approximate surface area is 175 Å². The van der Waals surface area contributed by atoms with Gasteiger partial charge in [-0.15, -0.1) is 24.0 Å². The number of hydrogen-bond donors (Lipinski definition) is 2. The van der Waals surface area contributed by atoms with Gasteiger partial charge >= 0.3 is 0 Å². The summed E-state index contributed by atoms with van der Waals surface area (Å²) >= 11 is 0. The molecule has 2 N–H and O–H groups in total. The maximum absolute atomic E-state index is 5.35. The van der Waals surface area contributed by atoms with Crippen LogP contribution in [0.25, 0.3) is 0 Å². The molecule has 0 spiro atoms. The molecule has 0 aliphatic heterocycles. The quantitative estimate of drug-likeness (QED) is 0.308. The van der Waals surface area contributed by atoms with Crippen molar-refractivity contribution >= 4 is 29.9 Å². The van der Waals surface area contributed by atoms with Crippen LogP contribution < -0.4 is 20.1 Å². The molecule has 0 heterocycles. The summed E-state index contributed by atoms with van der Waals surface area (Å²) in [6, 6.07) is 6.48. The van der Waals surface area contributed by atoms with E-state index in [4.69, 9.17) is 9.47 Å². The molecule has 1 aromatic rings. The summed E-state index contributed by atoms with van der Waals surface area (Å²) in [5.74, 6) is 2.34. The topological polar surface area (TPSA) is 58.1 Å². The van der Waals surface area contributed by atoms with E-state index in [1.807, 2.05) is 12.1 Å². The number of aliphatic imine (C=N–C) groups is 1. The second kappa shape index (κ2) is 13.9. The summed E-state index contributed by atoms with van der Waals surface area (Å²) < 4.78 is 10.6. The van der Waals surface area contributed by atoms with Crippen LogP contribution in [0, 0.1) is 0 Å². The Morgan fingerprint density at radius 3 is 2.31 bits per heavy atom. The van der Waals surface area contributed by atoms with Crippen molar-refractivity contribution in [3.05, 3.63) is 23.8 Å². The van der Waals surface area contributed by atoms with Crippen molar-refractivity contribution in [1.29, 1.82) is 0 Å². The molecule has 0 bridgehead atoms. The molecule has 0 amide bonds. The number of rotatable bonds is 10. The van der Waals surface area contributed by atoms with Gasteiger partial charge in [-0.1, -0.05) is 19.9 Å². The highest BCUT2D eigenvalue weighted by Crippen LogP contribution is 2.27. The molecular weight excluding hydrogens is 443 g/mol. The Balaban J connectivity index is 0.00000625. The molecule has 1 aromatic carbocycles. The van der Waals surface area contributed by atoms with Gasteiger partial charge in [0.15, 0.2) is 17.5 Å². The fourth-order valence-electron chi connectivity index (χ4n) is 2.80. The van der Waals surface area contributed by atoms with Gasteiger partial charge in [0.2, 0.25) is 0 Å². The smallest absolute Gasteiger partial charge is 0.191 e. The predicted octanol–water partition coefficient (Wildman–Crippen LogP) is 2.76. The molecule has 0 fully saturated rings. The largest absolute Gasteiger partial charge is 0.493 e. The molecular formula is C19H35IN4O2. The van der Waals surface area contributed by atoms with Crippen molar-refractivity contribution in [2.24, 2.45) is 4.99 Å². The molecule has 7 heteroatoms. The third-order valence-corrected chi connectivity index (χ3v) is 4.38. The minimum absolute atomic E-state index is 0. The van der Waals surface area contributed by atoms with Crippen molar-refractivity contribution in [1.82, 2.24) is 15.5 Å². The predicted molar refractivity (Wildman–Crippen MR) is 120 cm³/mol. The van der Waals surface area contributed by atoms with E-state index in [0.29, 0.717) is 6.04 Å². The molecule has 1 atom stereocenters. The van der Waals surface area contributed by atoms with Crippen LogP contribution in [0.1, 0.15) is 26.3 Å². The monoisotopic (exact) mass is 478 g/mol. The van der Waals surface area contributed by atoms with Gasteiger partial charge in [0.05, 0.1) is 14.2 Å². The molecule has 0 saturated heterocycles. The second-order valence-corrected chi connectivity index (χ2v) is 5.89. The van der Waals surface area contributed by atoms with Crippen molar-refractivity contribution in [3.63, 3.8) is 0 Å². The van der Waals surface area contributed by atoms with Crippen LogP contribution in [0.4, 0.5) is 0 Å². The van der Waals surface area contributed by atoms with Crippen molar-refractivity contribution < 1.29 is 9.47 Å². The van der Waals surface area contributed by atoms with Gasteiger partial charge < -0.3 is 20.1 Å². The van der Waals surface area contributed by atoms with Gasteiger partial charge in [0.1, 0.15) is 0 Å². The zero-order valence-corrected chi connectivity index (χ0v) is 19.3. The second-order valence-electron chi connectivity index (χ2n) is 5.89. The molecule has 0 aromatic heterocycles. The standard InChI is InChI=1S/C19H34N4O2.HI/c1-7-23(8-2)15(3)14-22-19(20-4)21-12-11-16-9-10-17(24-5)18(13-16)25-6;/h9-10,13,15H,7-8,11-12,14H2,1-6H3,(H2,20,21,22);1H. The van der Waals surface area contributed by atoms with Gasteiger partial charge in [-0.05, 0) is 44.1 Å². The van der Waals surface area contributed by atoms with Gasteiger partial charge in [0.25, 0.3) is 0 Å². The lowest BCUT2D eigenvalue weighted by atomic mass is 10.1. The highest BCUT2D eigenvalue weighted by molar-refractivity contribution is 14.0. The molecule has 1 rings (SSSR count). The third kappa shape index (κ3) is 7.99. The summed E-state index contributed by atoms with van der Waals surface area (Å²) in [6.07, 6.45) is 0.882. The summed E-state index contributed by atoms with van der Waals surface area (Å²) in [6.45, 7) is 10.4. The number of nitrogens with zero attached hydrogens (tertiary/aromatic N) is 2. The minimum Gasteiger partial charge on any atom is -0.493 e. The first-order valence-corrected chi connectivity index (χ1v) is 8.98. The third-order valence-electron chi connectivity index (χ3n) is 4.38. The number of nitrogens with one attached hydrogen (secondary N) is 2. The van der Waals surface area contributed by atoms with Crippen LogP contribution in [0.5, 0.6) is 11.5 Å². The van der Waals surface area contributed by atoms with Gasteiger partial charge in [-0.3, -0.25) is 9.89 Å². The zero-order valence-electron chi connectivity index (χ0n) is 17.0. The number of guanidine groups is 1. The molecule has 0 aliphatic carbocycles. The molecule has 0 radical (unpaired) electrons. The average Bonchev–Trinajstić information content (AvgIpc) is 2.65. The number of hydrogen-bond acceptors (Lipinski definition) is 4. The van der Waals surface area contributed by atoms with Crippen LogP contribution in [0.15, 0.2) is 23.2 Å². The highest BCUT2D eigenvalue weighted by atomic mass is 127. The van der Waals surface area contributed by atoms with E-state index in [1.54, 1.807) is 21.3 Å². The van der Waals surface area contributed by atoms with E-state index in [1.165, 1.54) is 5.56 Å². The molecule has 26 heavy (non-hydrogen) atoms. The van der Waals surface area contributed by atoms with Crippen LogP contribution in [-0.2, 0) is 6.42 Å². The van der Waals surface area contributed by atoms with Crippen LogP contribution in [-0.4, -0.2) is 64.3 Å². The van der Waals surface area contributed by atoms with Gasteiger partial charge in [-0.25, -0.2) is 0 Å². The Morgan fingerprint density at radius 1 is 1.12 bits per heavy atom. The Kier molecular flexibility index (Phi) is 13.3. The fourth-order valence-corrected chi connectivity index (χ4v) is 2.80. The lowest BCUT2D eigenvalue weighted by Crippen LogP contribution is -2.46. The normalized spacial score (nSPS) is 12.3. The van der Waals surface area contributed by atoms with E-state index in [-0.39, 0.29) is 24.0 Å². The number of likely N-dealkylation sites (N-methyl/N-ethyl adjacent to an activating group) is 1. The number of methoxy groups -OCH3 is 2. The first-order valence-electron chi connectivity index (χ1n) is 8.98. The minimum atomic E-state index is 0. The molecule has 0 saturated carbocycles. The zero-order chi connectivity index (χ0) is 18.7. The first kappa shape index (κ1) is 24.8. The number of ether oxygens (including phenoxy) is 2. The molecule has 150 valence electrons. The number of benzene rings is 1. The first-order chi connectivity index (χ1) is 12.1. The summed E-state index contributed by atoms with van der Waals surface area (Å²) in [5.41, 5.74) is 1.19. The van der Waals surface area contributed by atoms with Crippen molar-refractivity contribution in [2.45, 2.75) is 33.2 Å². The van der Waals surface area contributed by atoms with Crippen LogP contribution >= 0.6 is 24.0 Å². The Morgan fingerprint density at radius 2 is 1.77 bits per heavy atom. The van der Waals surface area contributed by atoms with E-state index in [0.717, 1.165) is 50.1 Å². The van der Waals surface area contributed by atoms with E-state index in [2.05, 4.69) is 47.4 Å². The SMILES string of the molecule is CCN(CC)C(C)CNC(=NC)NCCc1ccc(OC)c(OC)c1.I. The summed E-state index contributed by atoms with van der Waals surface area (Å²) in [7, 11) is 5.10. The lowest BCUT2D eigenvalue weighted by molar-refractivity contribution is 0.231. The maximum Gasteiger partial charge on any atom is 0.191 e. The lowest BCUT2D eigenvalue weighted by Gasteiger charge is -2.27. The van der Waals surface area contributed by atoms with Gasteiger partial charge in [-0.2, -0.15) is 0 Å². The van der Waals surface area contributed by atoms with E-state index >= 15 is 0 Å². The van der Waals surface area contributed by atoms with E-state index < -0.39 is 0 Å². The highest BCUT2D eigenvalue weighted by Gasteiger charge is 2.10. The van der Waals surface area contributed by atoms with Crippen LogP contribution in [0.2, 0.25) is 0 Å². The Bertz CT molecular complexity index is 536. The van der Waals surface area contributed by atoms with E-state index in [9.17, 15) is 0 Å². The number of halogens is 1. The fraction of sp³-hybridized carbons (Fsp3) is 0.632. The molecule has 0 aliphatic rings. The average molecular weight is 478 g/mol.